The van der Waals surface area contributed by atoms with Crippen LogP contribution < -0.4 is 0 Å². The molecule has 1 aliphatic rings. The van der Waals surface area contributed by atoms with Crippen LogP contribution in [0.1, 0.15) is 65.7 Å². The number of rotatable bonds is 5. The Morgan fingerprint density at radius 2 is 2.03 bits per heavy atom. The molecule has 0 saturated heterocycles. The molecule has 12 heteroatoms. The number of aromatic nitrogens is 4. The number of fused-ring (bicyclic) bond motifs is 2. The zero-order valence-corrected chi connectivity index (χ0v) is 19.5. The Labute approximate surface area is 198 Å². The first-order valence-electron chi connectivity index (χ1n) is 10.9. The summed E-state index contributed by atoms with van der Waals surface area (Å²) in [5.74, 6) is -1.75. The van der Waals surface area contributed by atoms with Gasteiger partial charge in [0.15, 0.2) is 17.3 Å². The number of alkyl halides is 2. The molecule has 1 aromatic carbocycles. The standard InChI is InChI=1S/C23H23F3N6O3/c1-23(2,31(3)4)22-30-16(19(25)26)18(35-22)21(33)32-8-7-12-15(28-10-27-12)17(32)20-29-13-9-11(24)5-6-14(13)34-20/h5-6,9-10,17,19H,7-8H2,1-4H3,(H,27,28)/t17-/m0/s1. The van der Waals surface area contributed by atoms with Gasteiger partial charge in [-0.2, -0.15) is 0 Å². The maximum Gasteiger partial charge on any atom is 0.292 e. The van der Waals surface area contributed by atoms with Crippen molar-refractivity contribution in [2.75, 3.05) is 20.6 Å². The lowest BCUT2D eigenvalue weighted by molar-refractivity contribution is 0.0610. The molecule has 35 heavy (non-hydrogen) atoms. The number of H-pyrrole nitrogens is 1. The first-order valence-corrected chi connectivity index (χ1v) is 10.9. The summed E-state index contributed by atoms with van der Waals surface area (Å²) in [7, 11) is 3.51. The summed E-state index contributed by atoms with van der Waals surface area (Å²) in [5.41, 5.74) is 0.226. The number of imidazole rings is 1. The summed E-state index contributed by atoms with van der Waals surface area (Å²) in [6.45, 7) is 3.65. The molecule has 0 fully saturated rings. The molecule has 0 unspecified atom stereocenters. The second-order valence-electron chi connectivity index (χ2n) is 9.07. The van der Waals surface area contributed by atoms with Gasteiger partial charge in [-0.3, -0.25) is 9.69 Å². The number of halogens is 3. The highest BCUT2D eigenvalue weighted by Crippen LogP contribution is 2.38. The van der Waals surface area contributed by atoms with Crippen molar-refractivity contribution >= 4 is 17.0 Å². The van der Waals surface area contributed by atoms with E-state index in [0.29, 0.717) is 17.7 Å². The summed E-state index contributed by atoms with van der Waals surface area (Å²) >= 11 is 0. The number of carbonyl (C=O) groups excluding carboxylic acids is 1. The topological polar surface area (TPSA) is 104 Å². The van der Waals surface area contributed by atoms with Crippen LogP contribution in [0.5, 0.6) is 0 Å². The highest BCUT2D eigenvalue weighted by molar-refractivity contribution is 5.93. The molecule has 0 aliphatic carbocycles. The largest absolute Gasteiger partial charge is 0.438 e. The maximum atomic E-state index is 14.0. The first kappa shape index (κ1) is 23.1. The molecule has 4 aromatic rings. The fourth-order valence-electron chi connectivity index (χ4n) is 4.00. The van der Waals surface area contributed by atoms with Crippen molar-refractivity contribution in [1.29, 1.82) is 0 Å². The highest BCUT2D eigenvalue weighted by Gasteiger charge is 2.42. The van der Waals surface area contributed by atoms with Gasteiger partial charge in [0.05, 0.1) is 17.6 Å². The number of hydrogen-bond acceptors (Lipinski definition) is 7. The lowest BCUT2D eigenvalue weighted by Gasteiger charge is -2.32. The molecule has 0 saturated carbocycles. The van der Waals surface area contributed by atoms with Crippen LogP contribution in [0.25, 0.3) is 11.1 Å². The number of hydrogen-bond donors (Lipinski definition) is 1. The summed E-state index contributed by atoms with van der Waals surface area (Å²) in [4.78, 5) is 32.5. The zero-order chi connectivity index (χ0) is 25.1. The third-order valence-corrected chi connectivity index (χ3v) is 6.48. The summed E-state index contributed by atoms with van der Waals surface area (Å²) in [6, 6.07) is 2.94. The molecule has 1 amide bonds. The van der Waals surface area contributed by atoms with Gasteiger partial charge in [-0.25, -0.2) is 28.1 Å². The fraction of sp³-hybridized carbons (Fsp3) is 0.391. The smallest absolute Gasteiger partial charge is 0.292 e. The number of aromatic amines is 1. The number of amides is 1. The minimum atomic E-state index is -3.03. The normalized spacial score (nSPS) is 16.5. The van der Waals surface area contributed by atoms with Crippen LogP contribution in [0.15, 0.2) is 33.4 Å². The van der Waals surface area contributed by atoms with Crippen molar-refractivity contribution in [1.82, 2.24) is 29.7 Å². The van der Waals surface area contributed by atoms with Crippen molar-refractivity contribution in [3.8, 4) is 0 Å². The van der Waals surface area contributed by atoms with Gasteiger partial charge in [0.25, 0.3) is 12.3 Å². The average molecular weight is 488 g/mol. The van der Waals surface area contributed by atoms with E-state index in [4.69, 9.17) is 8.83 Å². The molecule has 5 rings (SSSR count). The second-order valence-corrected chi connectivity index (χ2v) is 9.07. The third-order valence-electron chi connectivity index (χ3n) is 6.48. The molecule has 1 atom stereocenters. The van der Waals surface area contributed by atoms with Crippen LogP contribution in [0.4, 0.5) is 13.2 Å². The summed E-state index contributed by atoms with van der Waals surface area (Å²) < 4.78 is 53.2. The van der Waals surface area contributed by atoms with Gasteiger partial charge in [-0.15, -0.1) is 0 Å². The van der Waals surface area contributed by atoms with Crippen LogP contribution in [-0.4, -0.2) is 56.3 Å². The Kier molecular flexibility index (Phi) is 5.42. The minimum Gasteiger partial charge on any atom is -0.438 e. The second kappa shape index (κ2) is 8.22. The van der Waals surface area contributed by atoms with E-state index in [1.807, 2.05) is 0 Å². The molecule has 1 N–H and O–H groups in total. The van der Waals surface area contributed by atoms with Crippen LogP contribution in [0.3, 0.4) is 0 Å². The van der Waals surface area contributed by atoms with E-state index >= 15 is 0 Å². The molecule has 0 spiro atoms. The van der Waals surface area contributed by atoms with Crippen LogP contribution >= 0.6 is 0 Å². The molecule has 9 nitrogen and oxygen atoms in total. The third kappa shape index (κ3) is 3.77. The predicted octanol–water partition coefficient (Wildman–Crippen LogP) is 4.20. The molecule has 0 bridgehead atoms. The van der Waals surface area contributed by atoms with Crippen LogP contribution in [-0.2, 0) is 12.0 Å². The van der Waals surface area contributed by atoms with Gasteiger partial charge in [-0.05, 0) is 40.1 Å². The Hall–Kier alpha value is -3.67. The van der Waals surface area contributed by atoms with Crippen LogP contribution in [0.2, 0.25) is 0 Å². The highest BCUT2D eigenvalue weighted by atomic mass is 19.3. The Balaban J connectivity index is 1.61. The van der Waals surface area contributed by atoms with Crippen molar-refractivity contribution in [2.24, 2.45) is 0 Å². The van der Waals surface area contributed by atoms with E-state index < -0.39 is 41.2 Å². The predicted molar refractivity (Wildman–Crippen MR) is 117 cm³/mol. The molecule has 1 aliphatic heterocycles. The Bertz CT molecular complexity index is 1410. The number of oxazole rings is 2. The quantitative estimate of drug-likeness (QED) is 0.449. The van der Waals surface area contributed by atoms with Crippen molar-refractivity contribution in [2.45, 2.75) is 38.3 Å². The molecular weight excluding hydrogens is 465 g/mol. The van der Waals surface area contributed by atoms with Gasteiger partial charge in [0.2, 0.25) is 17.5 Å². The van der Waals surface area contributed by atoms with Gasteiger partial charge in [-0.1, -0.05) is 0 Å². The van der Waals surface area contributed by atoms with Crippen molar-refractivity contribution < 1.29 is 26.8 Å². The lowest BCUT2D eigenvalue weighted by Crippen LogP contribution is -2.41. The van der Waals surface area contributed by atoms with Crippen molar-refractivity contribution in [3.63, 3.8) is 0 Å². The zero-order valence-electron chi connectivity index (χ0n) is 19.5. The Morgan fingerprint density at radius 1 is 1.26 bits per heavy atom. The van der Waals surface area contributed by atoms with E-state index in [1.54, 1.807) is 32.8 Å². The van der Waals surface area contributed by atoms with Crippen LogP contribution in [0, 0.1) is 5.82 Å². The summed E-state index contributed by atoms with van der Waals surface area (Å²) in [6.07, 6.45) is -1.15. The van der Waals surface area contributed by atoms with Gasteiger partial charge in [0.1, 0.15) is 11.3 Å². The van der Waals surface area contributed by atoms with Crippen molar-refractivity contribution in [3.05, 3.63) is 65.0 Å². The summed E-state index contributed by atoms with van der Waals surface area (Å²) in [5, 5.41) is 0. The van der Waals surface area contributed by atoms with Gasteiger partial charge in [0, 0.05) is 24.7 Å². The number of carbonyl (C=O) groups is 1. The SMILES string of the molecule is CN(C)C(C)(C)c1nc(C(F)F)c(C(=O)N2CCc3[nH]cnc3[C@H]2c2nc3cc(F)ccc3o2)o1. The Morgan fingerprint density at radius 3 is 2.74 bits per heavy atom. The number of nitrogens with zero attached hydrogens (tertiary/aromatic N) is 5. The molecule has 184 valence electrons. The van der Waals surface area contributed by atoms with E-state index in [2.05, 4.69) is 19.9 Å². The van der Waals surface area contributed by atoms with Gasteiger partial charge >= 0.3 is 0 Å². The minimum absolute atomic E-state index is 0.00694. The monoisotopic (exact) mass is 488 g/mol. The maximum absolute atomic E-state index is 14.0. The van der Waals surface area contributed by atoms with E-state index in [0.717, 1.165) is 5.69 Å². The van der Waals surface area contributed by atoms with E-state index in [-0.39, 0.29) is 23.8 Å². The number of nitrogens with one attached hydrogen (secondary N) is 1. The molecule has 0 radical (unpaired) electrons. The van der Waals surface area contributed by atoms with Gasteiger partial charge < -0.3 is 18.7 Å². The number of benzene rings is 1. The van der Waals surface area contributed by atoms with E-state index in [1.165, 1.54) is 29.4 Å². The molecular formula is C23H23F3N6O3. The average Bonchev–Trinajstić information content (AvgIpc) is 3.54. The molecule has 3 aromatic heterocycles. The molecule has 4 heterocycles. The fourth-order valence-corrected chi connectivity index (χ4v) is 4.00. The lowest BCUT2D eigenvalue weighted by atomic mass is 10.0. The van der Waals surface area contributed by atoms with E-state index in [9.17, 15) is 18.0 Å². The first-order chi connectivity index (χ1) is 16.6.